The Morgan fingerprint density at radius 3 is 2.44 bits per heavy atom. The van der Waals surface area contributed by atoms with Gasteiger partial charge in [-0.3, -0.25) is 4.98 Å². The zero-order chi connectivity index (χ0) is 26.5. The molecule has 10 nitrogen and oxygen atoms in total. The molecule has 0 radical (unpaired) electrons. The van der Waals surface area contributed by atoms with Gasteiger partial charge in [-0.05, 0) is 43.7 Å². The number of rotatable bonds is 3. The average Bonchev–Trinajstić information content (AvgIpc) is 3.06. The van der Waals surface area contributed by atoms with E-state index in [1.165, 1.54) is 38.4 Å². The fourth-order valence-corrected chi connectivity index (χ4v) is 9.59. The van der Waals surface area contributed by atoms with E-state index in [2.05, 4.69) is 4.98 Å². The third-order valence-corrected chi connectivity index (χ3v) is 11.4. The minimum atomic E-state index is -2.60. The van der Waals surface area contributed by atoms with E-state index < -0.39 is 74.6 Å². The fraction of sp³-hybridized carbons (Fsp3) is 0.769. The van der Waals surface area contributed by atoms with Crippen LogP contribution in [0.3, 0.4) is 0 Å². The molecule has 3 heterocycles. The Hall–Kier alpha value is -1.66. The van der Waals surface area contributed by atoms with Gasteiger partial charge in [-0.1, -0.05) is 27.7 Å². The summed E-state index contributed by atoms with van der Waals surface area (Å²) in [6.45, 7) is 7.89. The molecule has 0 aromatic carbocycles. The normalized spacial score (nSPS) is 58.4. The molecule has 6 aliphatic rings. The summed E-state index contributed by atoms with van der Waals surface area (Å²) in [6, 6.07) is 3.00. The number of esters is 1. The van der Waals surface area contributed by atoms with Crippen LogP contribution in [0.4, 0.5) is 0 Å². The van der Waals surface area contributed by atoms with Crippen LogP contribution in [0.1, 0.15) is 64.2 Å². The predicted molar refractivity (Wildman–Crippen MR) is 122 cm³/mol. The first-order valence-corrected chi connectivity index (χ1v) is 12.6. The first-order chi connectivity index (χ1) is 16.5. The van der Waals surface area contributed by atoms with E-state index >= 15 is 0 Å². The predicted octanol–water partition coefficient (Wildman–Crippen LogP) is -0.121. The van der Waals surface area contributed by atoms with Crippen LogP contribution in [-0.2, 0) is 9.47 Å². The van der Waals surface area contributed by atoms with E-state index in [4.69, 9.17) is 9.47 Å². The van der Waals surface area contributed by atoms with Gasteiger partial charge in [0.1, 0.15) is 22.4 Å². The van der Waals surface area contributed by atoms with Gasteiger partial charge in [0, 0.05) is 24.2 Å². The number of hydrogen-bond acceptors (Lipinski definition) is 10. The number of nitrogens with zero attached hydrogens (tertiary/aromatic N) is 1. The number of hydrogen-bond donors (Lipinski definition) is 6. The molecule has 6 fully saturated rings. The molecule has 36 heavy (non-hydrogen) atoms. The van der Waals surface area contributed by atoms with Crippen LogP contribution in [-0.4, -0.2) is 87.6 Å². The molecule has 1 unspecified atom stereocenters. The van der Waals surface area contributed by atoms with Crippen molar-refractivity contribution >= 4 is 5.97 Å². The molecule has 4 saturated carbocycles. The Bertz CT molecular complexity index is 1170. The Balaban J connectivity index is 1.67. The van der Waals surface area contributed by atoms with Gasteiger partial charge < -0.3 is 40.1 Å². The van der Waals surface area contributed by atoms with E-state index in [9.17, 15) is 35.4 Å². The Morgan fingerprint density at radius 1 is 1.19 bits per heavy atom. The lowest BCUT2D eigenvalue weighted by Crippen LogP contribution is -2.75. The van der Waals surface area contributed by atoms with Gasteiger partial charge in [0.15, 0.2) is 17.5 Å². The van der Waals surface area contributed by atoms with Gasteiger partial charge in [-0.25, -0.2) is 4.79 Å². The van der Waals surface area contributed by atoms with Gasteiger partial charge >= 0.3 is 5.97 Å². The molecular formula is C26H35NO9. The third kappa shape index (κ3) is 1.81. The van der Waals surface area contributed by atoms with Crippen LogP contribution < -0.4 is 0 Å². The number of carbonyl (C=O) groups is 1. The molecule has 6 N–H and O–H groups in total. The van der Waals surface area contributed by atoms with Crippen LogP contribution in [0, 0.1) is 22.7 Å². The van der Waals surface area contributed by atoms with Crippen molar-refractivity contribution in [3.8, 4) is 0 Å². The lowest BCUT2D eigenvalue weighted by atomic mass is 9.52. The van der Waals surface area contributed by atoms with Gasteiger partial charge in [0.05, 0.1) is 17.1 Å². The number of aliphatic hydroxyl groups excluding tert-OH is 1. The van der Waals surface area contributed by atoms with Crippen molar-refractivity contribution in [2.75, 3.05) is 0 Å². The Morgan fingerprint density at radius 2 is 1.86 bits per heavy atom. The van der Waals surface area contributed by atoms with Gasteiger partial charge in [0.25, 0.3) is 0 Å². The third-order valence-electron chi connectivity index (χ3n) is 11.4. The van der Waals surface area contributed by atoms with Crippen LogP contribution >= 0.6 is 0 Å². The van der Waals surface area contributed by atoms with E-state index in [1.807, 2.05) is 0 Å². The highest BCUT2D eigenvalue weighted by molar-refractivity contribution is 5.89. The minimum Gasteiger partial charge on any atom is -0.452 e. The maximum atomic E-state index is 13.3. The molecule has 10 heteroatoms. The molecule has 4 aliphatic carbocycles. The summed E-state index contributed by atoms with van der Waals surface area (Å²) in [7, 11) is 0. The van der Waals surface area contributed by atoms with E-state index in [0.29, 0.717) is 6.42 Å². The molecule has 7 rings (SSSR count). The summed E-state index contributed by atoms with van der Waals surface area (Å²) in [4.78, 5) is 17.2. The summed E-state index contributed by atoms with van der Waals surface area (Å²) < 4.78 is 12.1. The topological polar surface area (TPSA) is 170 Å². The van der Waals surface area contributed by atoms with Crippen molar-refractivity contribution in [3.05, 3.63) is 30.1 Å². The van der Waals surface area contributed by atoms with Crippen molar-refractivity contribution in [2.45, 2.75) is 99.9 Å². The van der Waals surface area contributed by atoms with Crippen LogP contribution in [0.5, 0.6) is 0 Å². The zero-order valence-corrected chi connectivity index (χ0v) is 21.1. The quantitative estimate of drug-likeness (QED) is 0.304. The summed E-state index contributed by atoms with van der Waals surface area (Å²) in [5, 5.41) is 74.1. The highest BCUT2D eigenvalue weighted by Gasteiger charge is 3.10. The summed E-state index contributed by atoms with van der Waals surface area (Å²) in [6.07, 6.45) is -0.455. The van der Waals surface area contributed by atoms with Crippen LogP contribution in [0.15, 0.2) is 24.5 Å². The lowest BCUT2D eigenvalue weighted by molar-refractivity contribution is -0.390. The monoisotopic (exact) mass is 505 g/mol. The highest BCUT2D eigenvalue weighted by atomic mass is 16.7. The van der Waals surface area contributed by atoms with Gasteiger partial charge in [-0.2, -0.15) is 0 Å². The molecule has 198 valence electrons. The molecule has 11 atom stereocenters. The van der Waals surface area contributed by atoms with Crippen molar-refractivity contribution < 1.29 is 44.9 Å². The SMILES string of the molecule is CC(C)[C@@]1(O)[C@@H](OC(=O)c2cccnc2)[C@@]2(O)[C@]3(C)C[C@@]4(O)OC5([C@H](O)[C@@H](C)CC[C@@]53O)[C@@]2(O)[C@@]41C. The van der Waals surface area contributed by atoms with Crippen LogP contribution in [0.25, 0.3) is 0 Å². The van der Waals surface area contributed by atoms with Crippen molar-refractivity contribution in [2.24, 2.45) is 22.7 Å². The zero-order valence-electron chi connectivity index (χ0n) is 21.1. The van der Waals surface area contributed by atoms with E-state index in [0.717, 1.165) is 0 Å². The smallest absolute Gasteiger partial charge is 0.340 e. The molecule has 1 aromatic rings. The second kappa shape index (κ2) is 6.31. The second-order valence-electron chi connectivity index (χ2n) is 12.6. The first-order valence-electron chi connectivity index (χ1n) is 12.6. The molecule has 2 saturated heterocycles. The molecule has 1 spiro atoms. The number of aliphatic hydroxyl groups is 6. The minimum absolute atomic E-state index is 0.0574. The Kier molecular flexibility index (Phi) is 4.32. The molecule has 6 bridgehead atoms. The molecule has 1 aromatic heterocycles. The summed E-state index contributed by atoms with van der Waals surface area (Å²) in [5.74, 6) is -4.39. The first kappa shape index (κ1) is 24.7. The number of carbonyl (C=O) groups excluding carboxylic acids is 1. The van der Waals surface area contributed by atoms with Gasteiger partial charge in [0.2, 0.25) is 0 Å². The van der Waals surface area contributed by atoms with Crippen LogP contribution in [0.2, 0.25) is 0 Å². The van der Waals surface area contributed by atoms with Gasteiger partial charge in [-0.15, -0.1) is 0 Å². The fourth-order valence-electron chi connectivity index (χ4n) is 9.59. The molecule has 2 aliphatic heterocycles. The second-order valence-corrected chi connectivity index (χ2v) is 12.6. The maximum absolute atomic E-state index is 13.3. The van der Waals surface area contributed by atoms with E-state index in [1.54, 1.807) is 20.8 Å². The highest BCUT2D eigenvalue weighted by Crippen LogP contribution is 2.90. The van der Waals surface area contributed by atoms with E-state index in [-0.39, 0.29) is 18.4 Å². The lowest BCUT2D eigenvalue weighted by Gasteiger charge is -2.60. The largest absolute Gasteiger partial charge is 0.452 e. The summed E-state index contributed by atoms with van der Waals surface area (Å²) in [5.41, 5.74) is -15.3. The molecular weight excluding hydrogens is 470 g/mol. The number of pyridine rings is 1. The van der Waals surface area contributed by atoms with Crippen molar-refractivity contribution in [1.82, 2.24) is 4.98 Å². The maximum Gasteiger partial charge on any atom is 0.340 e. The van der Waals surface area contributed by atoms with Crippen molar-refractivity contribution in [3.63, 3.8) is 0 Å². The van der Waals surface area contributed by atoms with Crippen molar-refractivity contribution in [1.29, 1.82) is 0 Å². The number of ether oxygens (including phenoxy) is 2. The molecule has 0 amide bonds. The Labute approximate surface area is 208 Å². The standard InChI is InChI=1S/C26H35NO9/c1-13(2)23(32)18(35-17(29)15-7-6-10-27-11-15)24(33)19(4)12-22(31)20(23,5)26(24,34)25(36-22)16(28)14(3)8-9-21(19,25)30/h6-7,10-11,13-14,16,18,28,30-34H,8-9,12H2,1-5H3/t14-,16+,18+,19+,20-,21-,22+,23+,24+,25?,26+/m0/s1. The average molecular weight is 506 g/mol. The summed E-state index contributed by atoms with van der Waals surface area (Å²) >= 11 is 0. The number of aromatic nitrogens is 1.